The molecule has 150 valence electrons. The van der Waals surface area contributed by atoms with Gasteiger partial charge in [-0.05, 0) is 24.8 Å². The number of hydrogen-bond donors (Lipinski definition) is 3. The van der Waals surface area contributed by atoms with Crippen LogP contribution in [0.5, 0.6) is 0 Å². The molecule has 2 rings (SSSR count). The maximum Gasteiger partial charge on any atom is 0.434 e. The molecule has 0 saturated heterocycles. The monoisotopic (exact) mass is 412 g/mol. The van der Waals surface area contributed by atoms with Crippen molar-refractivity contribution in [2.45, 2.75) is 19.6 Å². The molecule has 0 aromatic carbocycles. The lowest BCUT2D eigenvalue weighted by molar-refractivity contribution is -0.140. The zero-order chi connectivity index (χ0) is 20.7. The number of carbonyl (C=O) groups excluding carboxylic acids is 1. The van der Waals surface area contributed by atoms with E-state index in [1.807, 2.05) is 0 Å². The fraction of sp³-hybridized carbons (Fsp3) is 0.235. The maximum atomic E-state index is 12.5. The van der Waals surface area contributed by atoms with Gasteiger partial charge >= 0.3 is 12.2 Å². The van der Waals surface area contributed by atoms with Gasteiger partial charge in [0.15, 0.2) is 10.8 Å². The molecule has 11 heteroatoms. The number of allylic oxidation sites excluding steroid dienone is 4. The summed E-state index contributed by atoms with van der Waals surface area (Å²) in [6, 6.07) is -0.514. The molecule has 0 radical (unpaired) electrons. The zero-order valence-electron chi connectivity index (χ0n) is 15.0. The predicted octanol–water partition coefficient (Wildman–Crippen LogP) is 3.53. The molecule has 0 aliphatic carbocycles. The number of rotatable bonds is 7. The number of amides is 2. The number of alkyl halides is 3. The number of carbonyl (C=O) groups is 1. The van der Waals surface area contributed by atoms with Crippen LogP contribution >= 0.6 is 11.3 Å². The largest absolute Gasteiger partial charge is 0.434 e. The highest BCUT2D eigenvalue weighted by atomic mass is 32.1. The summed E-state index contributed by atoms with van der Waals surface area (Å²) >= 11 is 1.27. The lowest BCUT2D eigenvalue weighted by Gasteiger charge is -2.06. The molecule has 0 saturated carbocycles. The van der Waals surface area contributed by atoms with Crippen molar-refractivity contribution in [2.24, 2.45) is 5.73 Å². The van der Waals surface area contributed by atoms with Crippen molar-refractivity contribution in [3.8, 4) is 0 Å². The molecule has 0 fully saturated rings. The minimum Gasteiger partial charge on any atom is -0.405 e. The summed E-state index contributed by atoms with van der Waals surface area (Å²) in [6.07, 6.45) is 3.95. The maximum absolute atomic E-state index is 12.5. The Labute approximate surface area is 163 Å². The van der Waals surface area contributed by atoms with Crippen LogP contribution in [0, 0.1) is 6.92 Å². The molecular weight excluding hydrogens is 393 g/mol. The first-order valence-electron chi connectivity index (χ1n) is 8.07. The van der Waals surface area contributed by atoms with Crippen LogP contribution in [-0.4, -0.2) is 27.1 Å². The number of imidazole rings is 1. The summed E-state index contributed by atoms with van der Waals surface area (Å²) in [4.78, 5) is 20.4. The van der Waals surface area contributed by atoms with Gasteiger partial charge in [-0.3, -0.25) is 5.32 Å². The second kappa shape index (κ2) is 9.22. The van der Waals surface area contributed by atoms with Gasteiger partial charge in [-0.2, -0.15) is 13.2 Å². The van der Waals surface area contributed by atoms with Crippen LogP contribution in [0.4, 0.5) is 23.1 Å². The molecule has 0 aliphatic rings. The van der Waals surface area contributed by atoms with Crippen molar-refractivity contribution in [3.63, 3.8) is 0 Å². The van der Waals surface area contributed by atoms with Crippen molar-refractivity contribution in [3.05, 3.63) is 59.8 Å². The number of nitrogens with zero attached hydrogens (tertiary/aromatic N) is 3. The number of urea groups is 1. The van der Waals surface area contributed by atoms with Crippen LogP contribution in [0.2, 0.25) is 0 Å². The topological polar surface area (TPSA) is 97.9 Å². The van der Waals surface area contributed by atoms with Crippen molar-refractivity contribution < 1.29 is 18.0 Å². The van der Waals surface area contributed by atoms with E-state index in [4.69, 9.17) is 5.73 Å². The van der Waals surface area contributed by atoms with E-state index in [1.165, 1.54) is 22.1 Å². The second-order valence-electron chi connectivity index (χ2n) is 5.53. The van der Waals surface area contributed by atoms with E-state index in [0.717, 1.165) is 23.0 Å². The van der Waals surface area contributed by atoms with Gasteiger partial charge < -0.3 is 15.6 Å². The highest BCUT2D eigenvalue weighted by Crippen LogP contribution is 2.30. The molecular formula is C17H19F3N6OS. The fourth-order valence-electron chi connectivity index (χ4n) is 2.22. The van der Waals surface area contributed by atoms with E-state index in [9.17, 15) is 18.0 Å². The van der Waals surface area contributed by atoms with Crippen molar-refractivity contribution in [1.82, 2.24) is 19.9 Å². The van der Waals surface area contributed by atoms with Crippen LogP contribution in [-0.2, 0) is 12.7 Å². The fourth-order valence-corrected chi connectivity index (χ4v) is 3.19. The molecule has 2 aromatic rings. The van der Waals surface area contributed by atoms with Gasteiger partial charge in [0.1, 0.15) is 0 Å². The smallest absolute Gasteiger partial charge is 0.405 e. The number of halogens is 3. The summed E-state index contributed by atoms with van der Waals surface area (Å²) < 4.78 is 38.8. The highest BCUT2D eigenvalue weighted by Gasteiger charge is 2.33. The standard InChI is InChI=1S/C17H19F3N6OS/c1-3-4-12(5-6-21)14-11(2)24-16(28-14)25-15(27)22-7-8-26-9-13(23-10-26)17(18,19)20/h3-6,9-10H,1,7-8,21H2,2H3,(H2,22,24,25,27)/b6-5-,12-4+. The molecule has 0 bridgehead atoms. The van der Waals surface area contributed by atoms with Crippen LogP contribution in [0.1, 0.15) is 16.3 Å². The molecule has 2 aromatic heterocycles. The van der Waals surface area contributed by atoms with E-state index in [2.05, 4.69) is 27.2 Å². The van der Waals surface area contributed by atoms with Crippen LogP contribution in [0.25, 0.3) is 5.57 Å². The lowest BCUT2D eigenvalue weighted by atomic mass is 10.2. The zero-order valence-corrected chi connectivity index (χ0v) is 15.8. The first-order chi connectivity index (χ1) is 13.2. The average molecular weight is 412 g/mol. The quantitative estimate of drug-likeness (QED) is 0.606. The third kappa shape index (κ3) is 5.71. The summed E-state index contributed by atoms with van der Waals surface area (Å²) in [7, 11) is 0. The molecule has 7 nitrogen and oxygen atoms in total. The minimum absolute atomic E-state index is 0.119. The lowest BCUT2D eigenvalue weighted by Crippen LogP contribution is -2.31. The first-order valence-corrected chi connectivity index (χ1v) is 8.89. The predicted molar refractivity (Wildman–Crippen MR) is 103 cm³/mol. The van der Waals surface area contributed by atoms with E-state index < -0.39 is 17.9 Å². The van der Waals surface area contributed by atoms with Crippen molar-refractivity contribution in [2.75, 3.05) is 11.9 Å². The first kappa shape index (κ1) is 21.2. The summed E-state index contributed by atoms with van der Waals surface area (Å²) in [5.41, 5.74) is 5.99. The van der Waals surface area contributed by atoms with Gasteiger partial charge in [-0.15, -0.1) is 0 Å². The van der Waals surface area contributed by atoms with Gasteiger partial charge in [-0.25, -0.2) is 14.8 Å². The number of nitrogens with two attached hydrogens (primary N) is 1. The number of nitrogens with one attached hydrogen (secondary N) is 2. The van der Waals surface area contributed by atoms with Crippen LogP contribution in [0.3, 0.4) is 0 Å². The van der Waals surface area contributed by atoms with Crippen molar-refractivity contribution in [1.29, 1.82) is 0 Å². The van der Waals surface area contributed by atoms with Gasteiger partial charge in [0.2, 0.25) is 0 Å². The average Bonchev–Trinajstić information content (AvgIpc) is 3.21. The molecule has 2 heterocycles. The molecule has 0 unspecified atom stereocenters. The molecule has 0 atom stereocenters. The molecule has 0 spiro atoms. The number of aryl methyl sites for hydroxylation is 1. The highest BCUT2D eigenvalue weighted by molar-refractivity contribution is 7.17. The molecule has 0 aliphatic heterocycles. The third-order valence-electron chi connectivity index (χ3n) is 3.43. The Bertz CT molecular complexity index is 897. The van der Waals surface area contributed by atoms with Crippen LogP contribution < -0.4 is 16.4 Å². The van der Waals surface area contributed by atoms with E-state index >= 15 is 0 Å². The Morgan fingerprint density at radius 3 is 2.82 bits per heavy atom. The third-order valence-corrected chi connectivity index (χ3v) is 4.55. The Hall–Kier alpha value is -3.08. The van der Waals surface area contributed by atoms with E-state index in [1.54, 1.807) is 25.2 Å². The molecule has 28 heavy (non-hydrogen) atoms. The summed E-state index contributed by atoms with van der Waals surface area (Å²) in [6.45, 7) is 5.71. The number of anilines is 1. The van der Waals surface area contributed by atoms with Gasteiger partial charge in [0.25, 0.3) is 0 Å². The normalized spacial score (nSPS) is 12.4. The second-order valence-corrected chi connectivity index (χ2v) is 6.52. The summed E-state index contributed by atoms with van der Waals surface area (Å²) in [5, 5.41) is 5.54. The number of aromatic nitrogens is 3. The Kier molecular flexibility index (Phi) is 6.99. The van der Waals surface area contributed by atoms with E-state index in [0.29, 0.717) is 10.8 Å². The Balaban J connectivity index is 1.91. The van der Waals surface area contributed by atoms with Gasteiger partial charge in [0, 0.05) is 19.3 Å². The molecule has 2 amide bonds. The number of hydrogen-bond acceptors (Lipinski definition) is 5. The SMILES string of the molecule is C=C/C=C(\C=C/N)c1sc(NC(=O)NCCn2cnc(C(F)(F)F)c2)nc1C. The van der Waals surface area contributed by atoms with E-state index in [-0.39, 0.29) is 13.1 Å². The van der Waals surface area contributed by atoms with Crippen LogP contribution in [0.15, 0.2) is 43.5 Å². The van der Waals surface area contributed by atoms with Gasteiger partial charge in [-0.1, -0.05) is 30.1 Å². The summed E-state index contributed by atoms with van der Waals surface area (Å²) in [5.74, 6) is 0. The Morgan fingerprint density at radius 1 is 1.46 bits per heavy atom. The van der Waals surface area contributed by atoms with Crippen molar-refractivity contribution >= 4 is 28.1 Å². The number of thiazole rings is 1. The molecule has 4 N–H and O–H groups in total. The van der Waals surface area contributed by atoms with Gasteiger partial charge in [0.05, 0.1) is 16.9 Å². The Morgan fingerprint density at radius 2 is 2.21 bits per heavy atom. The minimum atomic E-state index is -4.49.